The van der Waals surface area contributed by atoms with Crippen molar-refractivity contribution in [1.82, 2.24) is 9.88 Å². The number of benzene rings is 2. The average Bonchev–Trinajstić information content (AvgIpc) is 3.13. The van der Waals surface area contributed by atoms with Gasteiger partial charge in [0.1, 0.15) is 5.75 Å². The second kappa shape index (κ2) is 12.0. The van der Waals surface area contributed by atoms with Crippen molar-refractivity contribution < 1.29 is 24.5 Å². The van der Waals surface area contributed by atoms with Crippen molar-refractivity contribution in [2.75, 3.05) is 7.11 Å². The van der Waals surface area contributed by atoms with Crippen LogP contribution in [0, 0.1) is 6.92 Å². The van der Waals surface area contributed by atoms with E-state index in [1.165, 1.54) is 60.0 Å². The highest BCUT2D eigenvalue weighted by Gasteiger charge is 2.18. The summed E-state index contributed by atoms with van der Waals surface area (Å²) in [7, 11) is 1.74. The first-order valence-electron chi connectivity index (χ1n) is 11.5. The predicted octanol–water partition coefficient (Wildman–Crippen LogP) is 2.41. The minimum atomic E-state index is -1.55. The highest BCUT2D eigenvalue weighted by atomic mass is 16.5. The van der Waals surface area contributed by atoms with E-state index >= 15 is 0 Å². The molecule has 180 valence electrons. The third-order valence-electron chi connectivity index (χ3n) is 6.08. The lowest BCUT2D eigenvalue weighted by atomic mass is 9.95. The zero-order valence-electron chi connectivity index (χ0n) is 19.6. The Balaban J connectivity index is 0.000000350. The van der Waals surface area contributed by atoms with Crippen molar-refractivity contribution in [3.63, 3.8) is 0 Å². The summed E-state index contributed by atoms with van der Waals surface area (Å²) in [6.45, 7) is 3.15. The molecule has 3 aromatic rings. The number of methoxy groups -OCH3 is 1. The van der Waals surface area contributed by atoms with Gasteiger partial charge in [0.2, 0.25) is 0 Å². The van der Waals surface area contributed by atoms with Crippen LogP contribution in [0.15, 0.2) is 60.7 Å². The summed E-state index contributed by atoms with van der Waals surface area (Å²) in [5, 5.41) is 23.9. The van der Waals surface area contributed by atoms with Crippen LogP contribution in [0.5, 0.6) is 5.75 Å². The zero-order chi connectivity index (χ0) is 24.5. The van der Waals surface area contributed by atoms with Crippen LogP contribution in [0.25, 0.3) is 16.6 Å². The lowest BCUT2D eigenvalue weighted by Crippen LogP contribution is -2.30. The van der Waals surface area contributed by atoms with E-state index in [0.717, 1.165) is 12.3 Å². The van der Waals surface area contributed by atoms with Crippen LogP contribution in [-0.4, -0.2) is 29.7 Å². The lowest BCUT2D eigenvalue weighted by molar-refractivity contribution is -0.301. The monoisotopic (exact) mass is 462 g/mol. The number of para-hydroxylation sites is 1. The van der Waals surface area contributed by atoms with Gasteiger partial charge in [-0.2, -0.15) is 0 Å². The van der Waals surface area contributed by atoms with Gasteiger partial charge in [0, 0.05) is 29.4 Å². The maximum absolute atomic E-state index is 9.41. The molecule has 0 radical (unpaired) electrons. The van der Waals surface area contributed by atoms with E-state index in [4.69, 9.17) is 4.74 Å². The fourth-order valence-electron chi connectivity index (χ4n) is 4.41. The number of nitrogens with one attached hydrogen (secondary N) is 1. The molecule has 1 aliphatic rings. The van der Waals surface area contributed by atoms with Crippen molar-refractivity contribution in [3.05, 3.63) is 71.9 Å². The number of carbonyl (C=O) groups excluding carboxylic acids is 2. The normalized spacial score (nSPS) is 14.1. The van der Waals surface area contributed by atoms with Gasteiger partial charge in [-0.05, 0) is 67.8 Å². The topological polar surface area (TPSA) is 106 Å². The molecule has 7 heteroatoms. The maximum Gasteiger partial charge on any atom is 0.119 e. The Morgan fingerprint density at radius 3 is 2.26 bits per heavy atom. The Hall–Kier alpha value is -3.58. The Bertz CT molecular complexity index is 1130. The number of ether oxygens (including phenoxy) is 1. The summed E-state index contributed by atoms with van der Waals surface area (Å²) >= 11 is 0. The number of hydrogen-bond donors (Lipinski definition) is 1. The summed E-state index contributed by atoms with van der Waals surface area (Å²) < 4.78 is 7.86. The molecule has 0 amide bonds. The third-order valence-corrected chi connectivity index (χ3v) is 6.08. The molecule has 1 saturated carbocycles. The van der Waals surface area contributed by atoms with Crippen molar-refractivity contribution in [2.45, 2.75) is 51.6 Å². The van der Waals surface area contributed by atoms with Crippen LogP contribution >= 0.6 is 0 Å². The molecular formula is C27H30N2O5-2. The molecule has 1 aromatic heterocycles. The molecule has 7 nitrogen and oxygen atoms in total. The van der Waals surface area contributed by atoms with Crippen LogP contribution in [0.2, 0.25) is 0 Å². The molecule has 0 atom stereocenters. The van der Waals surface area contributed by atoms with E-state index < -0.39 is 11.9 Å². The van der Waals surface area contributed by atoms with Gasteiger partial charge in [0.15, 0.2) is 0 Å². The van der Waals surface area contributed by atoms with Crippen molar-refractivity contribution in [2.24, 2.45) is 0 Å². The molecule has 0 spiro atoms. The fourth-order valence-corrected chi connectivity index (χ4v) is 4.41. The zero-order valence-corrected chi connectivity index (χ0v) is 19.6. The second-order valence-electron chi connectivity index (χ2n) is 8.31. The molecular weight excluding hydrogens is 432 g/mol. The molecule has 0 saturated heterocycles. The second-order valence-corrected chi connectivity index (χ2v) is 8.31. The fraction of sp³-hybridized carbons (Fsp3) is 0.333. The smallest absolute Gasteiger partial charge is 0.119 e. The molecule has 0 bridgehead atoms. The first kappa shape index (κ1) is 25.1. The Kier molecular flexibility index (Phi) is 8.87. The van der Waals surface area contributed by atoms with Gasteiger partial charge >= 0.3 is 0 Å². The molecule has 1 heterocycles. The number of carbonyl (C=O) groups is 2. The van der Waals surface area contributed by atoms with E-state index in [2.05, 4.69) is 65.3 Å². The van der Waals surface area contributed by atoms with Crippen LogP contribution < -0.4 is 20.3 Å². The highest BCUT2D eigenvalue weighted by Crippen LogP contribution is 2.32. The summed E-state index contributed by atoms with van der Waals surface area (Å²) in [6, 6.07) is 17.7. The van der Waals surface area contributed by atoms with Gasteiger partial charge in [-0.15, -0.1) is 0 Å². The first-order valence-corrected chi connectivity index (χ1v) is 11.5. The quantitative estimate of drug-likeness (QED) is 0.541. The van der Waals surface area contributed by atoms with E-state index in [1.54, 1.807) is 7.11 Å². The van der Waals surface area contributed by atoms with Gasteiger partial charge in [0.05, 0.1) is 24.6 Å². The number of rotatable bonds is 7. The molecule has 1 fully saturated rings. The number of aromatic nitrogens is 1. The molecule has 0 unspecified atom stereocenters. The molecule has 0 aliphatic heterocycles. The number of fused-ring (bicyclic) bond motifs is 1. The number of aliphatic carboxylic acids is 2. The van der Waals surface area contributed by atoms with Crippen molar-refractivity contribution in [3.8, 4) is 11.4 Å². The average molecular weight is 463 g/mol. The Morgan fingerprint density at radius 2 is 1.68 bits per heavy atom. The summed E-state index contributed by atoms with van der Waals surface area (Å²) in [5.74, 6) is -2.18. The molecule has 34 heavy (non-hydrogen) atoms. The van der Waals surface area contributed by atoms with Gasteiger partial charge < -0.3 is 34.4 Å². The van der Waals surface area contributed by atoms with Crippen LogP contribution in [0.4, 0.5) is 0 Å². The van der Waals surface area contributed by atoms with Gasteiger partial charge in [-0.1, -0.05) is 37.5 Å². The van der Waals surface area contributed by atoms with Gasteiger partial charge in [-0.25, -0.2) is 0 Å². The summed E-state index contributed by atoms with van der Waals surface area (Å²) in [5.41, 5.74) is 5.15. The highest BCUT2D eigenvalue weighted by molar-refractivity contribution is 5.89. The number of carboxylic acid groups (broad SMARTS) is 2. The van der Waals surface area contributed by atoms with E-state index in [0.29, 0.717) is 18.2 Å². The Labute approximate surface area is 199 Å². The molecule has 1 aliphatic carbocycles. The van der Waals surface area contributed by atoms with E-state index in [9.17, 15) is 19.8 Å². The third kappa shape index (κ3) is 6.48. The number of hydrogen-bond acceptors (Lipinski definition) is 6. The molecule has 4 rings (SSSR count). The molecule has 1 N–H and O–H groups in total. The van der Waals surface area contributed by atoms with Crippen molar-refractivity contribution in [1.29, 1.82) is 0 Å². The van der Waals surface area contributed by atoms with Gasteiger partial charge in [-0.3, -0.25) is 0 Å². The van der Waals surface area contributed by atoms with Crippen LogP contribution in [-0.2, 0) is 16.1 Å². The van der Waals surface area contributed by atoms with E-state index in [1.807, 2.05) is 0 Å². The SMILES string of the molecule is COc1ccc2c(c1)c(CNC1CCCCC1)c(C)n2-c1ccccc1.O=C([O-])/C=C\C(=O)[O-]. The minimum Gasteiger partial charge on any atom is -0.545 e. The maximum atomic E-state index is 9.41. The predicted molar refractivity (Wildman–Crippen MR) is 127 cm³/mol. The minimum absolute atomic E-state index is 0.384. The van der Waals surface area contributed by atoms with Crippen LogP contribution in [0.3, 0.4) is 0 Å². The summed E-state index contributed by atoms with van der Waals surface area (Å²) in [6.07, 6.45) is 7.48. The lowest BCUT2D eigenvalue weighted by Gasteiger charge is -2.23. The molecule has 2 aromatic carbocycles. The number of nitrogens with zero attached hydrogens (tertiary/aromatic N) is 1. The van der Waals surface area contributed by atoms with E-state index in [-0.39, 0.29) is 0 Å². The van der Waals surface area contributed by atoms with Gasteiger partial charge in [0.25, 0.3) is 0 Å². The Morgan fingerprint density at radius 1 is 1.03 bits per heavy atom. The van der Waals surface area contributed by atoms with Crippen molar-refractivity contribution >= 4 is 22.8 Å². The standard InChI is InChI=1S/C23H28N2O.C4H4O4/c1-17-22(16-24-18-9-5-3-6-10-18)21-15-20(26-2)13-14-23(21)25(17)19-11-7-4-8-12-19;5-3(6)1-2-4(7)8/h4,7-8,11-15,18,24H,3,5-6,9-10,16H2,1-2H3;1-2H,(H,5,6)(H,7,8)/p-2/b;2-1-. The van der Waals surface area contributed by atoms with Crippen LogP contribution in [0.1, 0.15) is 43.4 Å². The largest absolute Gasteiger partial charge is 0.545 e. The number of carboxylic acids is 2. The first-order chi connectivity index (χ1) is 16.4. The summed E-state index contributed by atoms with van der Waals surface area (Å²) in [4.78, 5) is 18.8.